The van der Waals surface area contributed by atoms with Gasteiger partial charge in [-0.1, -0.05) is 44.2 Å². The van der Waals surface area contributed by atoms with E-state index in [0.717, 1.165) is 5.56 Å². The number of thiazole rings is 1. The zero-order valence-electron chi connectivity index (χ0n) is 23.2. The summed E-state index contributed by atoms with van der Waals surface area (Å²) in [6.45, 7) is 7.53. The van der Waals surface area contributed by atoms with E-state index in [4.69, 9.17) is 4.74 Å². The summed E-state index contributed by atoms with van der Waals surface area (Å²) in [6, 6.07) is 7.46. The fraction of sp³-hybridized carbons (Fsp3) is 0.536. The van der Waals surface area contributed by atoms with Gasteiger partial charge in [0.15, 0.2) is 0 Å². The number of nitrogens with one attached hydrogen (secondary N) is 4. The minimum Gasteiger partial charge on any atom is -0.369 e. The van der Waals surface area contributed by atoms with Crippen molar-refractivity contribution in [3.63, 3.8) is 0 Å². The van der Waals surface area contributed by atoms with Gasteiger partial charge in [0, 0.05) is 25.5 Å². The van der Waals surface area contributed by atoms with Gasteiger partial charge in [0.2, 0.25) is 11.8 Å². The van der Waals surface area contributed by atoms with Gasteiger partial charge < -0.3 is 26.0 Å². The van der Waals surface area contributed by atoms with Crippen LogP contribution in [0.3, 0.4) is 0 Å². The van der Waals surface area contributed by atoms with Crippen LogP contribution in [-0.2, 0) is 25.5 Å². The molecule has 3 rings (SSSR count). The van der Waals surface area contributed by atoms with Crippen molar-refractivity contribution in [2.45, 2.75) is 77.1 Å². The van der Waals surface area contributed by atoms with E-state index in [1.807, 2.05) is 44.2 Å². The third-order valence-corrected chi connectivity index (χ3v) is 7.72. The fourth-order valence-corrected chi connectivity index (χ4v) is 5.12. The fourth-order valence-electron chi connectivity index (χ4n) is 4.10. The lowest BCUT2D eigenvalue weighted by Gasteiger charge is -2.28. The first-order valence-corrected chi connectivity index (χ1v) is 14.1. The lowest BCUT2D eigenvalue weighted by Crippen LogP contribution is -2.54. The van der Waals surface area contributed by atoms with Gasteiger partial charge in [0.1, 0.15) is 28.4 Å². The molecule has 1 aromatic carbocycles. The number of rotatable bonds is 6. The molecule has 1 aliphatic rings. The van der Waals surface area contributed by atoms with Crippen LogP contribution in [0.5, 0.6) is 0 Å². The van der Waals surface area contributed by atoms with Crippen molar-refractivity contribution in [1.82, 2.24) is 26.3 Å². The maximum absolute atomic E-state index is 13.4. The van der Waals surface area contributed by atoms with Gasteiger partial charge in [-0.3, -0.25) is 19.2 Å². The van der Waals surface area contributed by atoms with Crippen molar-refractivity contribution in [1.29, 1.82) is 0 Å². The lowest BCUT2D eigenvalue weighted by atomic mass is 10.0. The number of benzene rings is 1. The summed E-state index contributed by atoms with van der Waals surface area (Å²) in [5.41, 5.74) is -0.00207. The molecule has 4 N–H and O–H groups in total. The Balaban J connectivity index is 1.88. The van der Waals surface area contributed by atoms with Gasteiger partial charge in [-0.15, -0.1) is 11.3 Å². The van der Waals surface area contributed by atoms with Crippen LogP contribution in [0.1, 0.15) is 74.1 Å². The van der Waals surface area contributed by atoms with Gasteiger partial charge in [-0.25, -0.2) is 4.98 Å². The minimum atomic E-state index is -1.10. The highest BCUT2D eigenvalue weighted by Crippen LogP contribution is 2.26. The quantitative estimate of drug-likeness (QED) is 0.431. The van der Waals surface area contributed by atoms with E-state index in [0.29, 0.717) is 37.2 Å². The van der Waals surface area contributed by atoms with E-state index < -0.39 is 35.5 Å². The molecule has 0 saturated carbocycles. The summed E-state index contributed by atoms with van der Waals surface area (Å²) in [4.78, 5) is 56.9. The zero-order valence-corrected chi connectivity index (χ0v) is 24.0. The van der Waals surface area contributed by atoms with Gasteiger partial charge in [-0.2, -0.15) is 0 Å². The summed E-state index contributed by atoms with van der Waals surface area (Å²) in [7, 11) is 1.44. The topological polar surface area (TPSA) is 139 Å². The second-order valence-corrected chi connectivity index (χ2v) is 11.4. The highest BCUT2D eigenvalue weighted by molar-refractivity contribution is 7.09. The maximum atomic E-state index is 13.4. The Hall–Kier alpha value is -3.31. The Morgan fingerprint density at radius 3 is 2.51 bits per heavy atom. The number of fused-ring (bicyclic) bond motifs is 2. The summed E-state index contributed by atoms with van der Waals surface area (Å²) >= 11 is 1.27. The lowest BCUT2D eigenvalue weighted by molar-refractivity contribution is -0.142. The highest BCUT2D eigenvalue weighted by atomic mass is 32.1. The van der Waals surface area contributed by atoms with Crippen LogP contribution in [0.25, 0.3) is 0 Å². The molecular weight excluding hydrogens is 518 g/mol. The molecule has 0 radical (unpaired) electrons. The van der Waals surface area contributed by atoms with Crippen LogP contribution < -0.4 is 21.3 Å². The first-order valence-electron chi connectivity index (χ1n) is 13.3. The second-order valence-electron chi connectivity index (χ2n) is 10.5. The number of nitrogens with zero attached hydrogens (tertiary/aromatic N) is 1. The van der Waals surface area contributed by atoms with Crippen LogP contribution in [0.2, 0.25) is 0 Å². The number of amides is 4. The van der Waals surface area contributed by atoms with Crippen LogP contribution >= 0.6 is 11.3 Å². The van der Waals surface area contributed by atoms with Crippen LogP contribution in [0.4, 0.5) is 0 Å². The van der Waals surface area contributed by atoms with Crippen LogP contribution in [-0.4, -0.2) is 60.0 Å². The van der Waals surface area contributed by atoms with Crippen molar-refractivity contribution in [2.24, 2.45) is 5.92 Å². The highest BCUT2D eigenvalue weighted by Gasteiger charge is 2.33. The van der Waals surface area contributed by atoms with E-state index in [9.17, 15) is 19.2 Å². The molecule has 1 aliphatic heterocycles. The number of hydrogen-bond acceptors (Lipinski definition) is 7. The third-order valence-electron chi connectivity index (χ3n) is 6.79. The van der Waals surface area contributed by atoms with E-state index in [2.05, 4.69) is 26.3 Å². The van der Waals surface area contributed by atoms with E-state index in [1.54, 1.807) is 19.2 Å². The summed E-state index contributed by atoms with van der Waals surface area (Å²) < 4.78 is 5.28. The summed E-state index contributed by atoms with van der Waals surface area (Å²) in [5, 5.41) is 13.8. The van der Waals surface area contributed by atoms with Crippen LogP contribution in [0, 0.1) is 5.92 Å². The molecule has 4 amide bonds. The van der Waals surface area contributed by atoms with E-state index in [-0.39, 0.29) is 23.4 Å². The van der Waals surface area contributed by atoms with Crippen molar-refractivity contribution in [3.8, 4) is 0 Å². The predicted molar refractivity (Wildman–Crippen MR) is 149 cm³/mol. The number of hydrogen-bond donors (Lipinski definition) is 4. The molecule has 0 fully saturated rings. The van der Waals surface area contributed by atoms with Crippen LogP contribution in [0.15, 0.2) is 35.7 Å². The molecule has 2 heterocycles. The molecule has 11 heteroatoms. The number of ether oxygens (including phenoxy) is 1. The van der Waals surface area contributed by atoms with Crippen molar-refractivity contribution >= 4 is 35.0 Å². The minimum absolute atomic E-state index is 0.0294. The standard InChI is InChI=1S/C28H39N5O5S/c1-17(2)22-26-31-21(16-39-26)25(36)30-20(15-18-11-7-6-8-12-18)23(34)29-14-10-9-13-19(24(35)33-22)32-27(37)28(3,4)38-5/h6-8,11-12,16-17,19-20,22H,9-10,13-15H2,1-5H3,(H,29,34)(H,30,36)(H,32,37)(H,33,35)/t19-,20+,22+/m0/s1. The molecule has 2 aromatic rings. The molecule has 39 heavy (non-hydrogen) atoms. The van der Waals surface area contributed by atoms with Crippen molar-refractivity contribution in [3.05, 3.63) is 52.0 Å². The zero-order chi connectivity index (χ0) is 28.6. The Morgan fingerprint density at radius 1 is 1.13 bits per heavy atom. The molecule has 0 aliphatic carbocycles. The number of aromatic nitrogens is 1. The Bertz CT molecular complexity index is 1150. The Kier molecular flexibility index (Phi) is 10.6. The van der Waals surface area contributed by atoms with Gasteiger partial charge >= 0.3 is 0 Å². The SMILES string of the molecule is COC(C)(C)C(=O)N[C@H]1CCCCNC(=O)[C@@H](Cc2ccccc2)NC(=O)c2csc(n2)[C@@H](C(C)C)NC1=O. The maximum Gasteiger partial charge on any atom is 0.271 e. The van der Waals surface area contributed by atoms with Gasteiger partial charge in [0.25, 0.3) is 11.8 Å². The molecule has 10 nitrogen and oxygen atoms in total. The average molecular weight is 558 g/mol. The monoisotopic (exact) mass is 557 g/mol. The summed E-state index contributed by atoms with van der Waals surface area (Å²) in [5.74, 6) is -1.51. The molecule has 1 aromatic heterocycles. The summed E-state index contributed by atoms with van der Waals surface area (Å²) in [6.07, 6.45) is 1.89. The number of carbonyl (C=O) groups is 4. The molecule has 212 valence electrons. The molecule has 2 bridgehead atoms. The average Bonchev–Trinajstić information content (AvgIpc) is 3.40. The Morgan fingerprint density at radius 2 is 1.85 bits per heavy atom. The molecule has 0 unspecified atom stereocenters. The number of carbonyl (C=O) groups excluding carboxylic acids is 4. The van der Waals surface area contributed by atoms with Crippen molar-refractivity contribution < 1.29 is 23.9 Å². The smallest absolute Gasteiger partial charge is 0.271 e. The molecular formula is C28H39N5O5S. The normalized spacial score (nSPS) is 21.6. The predicted octanol–water partition coefficient (Wildman–Crippen LogP) is 2.51. The molecule has 0 spiro atoms. The third kappa shape index (κ3) is 8.34. The first-order chi connectivity index (χ1) is 18.5. The largest absolute Gasteiger partial charge is 0.369 e. The first kappa shape index (κ1) is 30.2. The van der Waals surface area contributed by atoms with E-state index >= 15 is 0 Å². The molecule has 3 atom stereocenters. The number of methoxy groups -OCH3 is 1. The van der Waals surface area contributed by atoms with Crippen molar-refractivity contribution in [2.75, 3.05) is 13.7 Å². The molecule has 0 saturated heterocycles. The Labute approximate surface area is 233 Å². The van der Waals surface area contributed by atoms with Gasteiger partial charge in [-0.05, 0) is 44.6 Å². The van der Waals surface area contributed by atoms with Gasteiger partial charge in [0.05, 0.1) is 6.04 Å². The van der Waals surface area contributed by atoms with E-state index in [1.165, 1.54) is 18.4 Å². The second kappa shape index (κ2) is 13.7.